The summed E-state index contributed by atoms with van der Waals surface area (Å²) in [6.45, 7) is 5.93. The number of rotatable bonds is 5. The molecule has 2 rings (SSSR count). The molecule has 2 aromatic rings. The molecule has 0 spiro atoms. The molecule has 0 fully saturated rings. The van der Waals surface area contributed by atoms with Crippen LogP contribution in [0.15, 0.2) is 36.4 Å². The second-order valence-corrected chi connectivity index (χ2v) is 5.76. The van der Waals surface area contributed by atoms with Crippen LogP contribution in [0.4, 0.5) is 5.69 Å². The Morgan fingerprint density at radius 1 is 1.35 bits per heavy atom. The van der Waals surface area contributed by atoms with Gasteiger partial charge in [0.25, 0.3) is 5.91 Å². The molecule has 0 atom stereocenters. The number of hydrogen-bond acceptors (Lipinski definition) is 4. The first-order valence-electron chi connectivity index (χ1n) is 6.55. The lowest BCUT2D eigenvalue weighted by molar-refractivity contribution is 0.0957. The number of anilines is 1. The SMILES string of the molecule is CCN(Cc1ccc(C(=O)NN)s1)c1cccc(C)c1. The minimum atomic E-state index is -0.236. The number of hydrogen-bond donors (Lipinski definition) is 2. The van der Waals surface area contributed by atoms with E-state index in [1.54, 1.807) is 0 Å². The number of nitrogens with two attached hydrogens (primary N) is 1. The fourth-order valence-electron chi connectivity index (χ4n) is 2.05. The molecule has 20 heavy (non-hydrogen) atoms. The quantitative estimate of drug-likeness (QED) is 0.505. The lowest BCUT2D eigenvalue weighted by Gasteiger charge is -2.22. The van der Waals surface area contributed by atoms with Gasteiger partial charge in [-0.15, -0.1) is 11.3 Å². The van der Waals surface area contributed by atoms with Crippen molar-refractivity contribution in [2.24, 2.45) is 5.84 Å². The van der Waals surface area contributed by atoms with Gasteiger partial charge in [0.05, 0.1) is 11.4 Å². The molecule has 0 radical (unpaired) electrons. The zero-order valence-corrected chi connectivity index (χ0v) is 12.5. The van der Waals surface area contributed by atoms with Gasteiger partial charge in [0.15, 0.2) is 0 Å². The van der Waals surface area contributed by atoms with E-state index in [9.17, 15) is 4.79 Å². The van der Waals surface area contributed by atoms with Gasteiger partial charge in [0.1, 0.15) is 0 Å². The predicted molar refractivity (Wildman–Crippen MR) is 83.9 cm³/mol. The normalized spacial score (nSPS) is 10.3. The fourth-order valence-corrected chi connectivity index (χ4v) is 2.98. The molecule has 3 N–H and O–H groups in total. The van der Waals surface area contributed by atoms with E-state index in [0.717, 1.165) is 18.0 Å². The molecule has 0 aliphatic heterocycles. The second-order valence-electron chi connectivity index (χ2n) is 4.59. The van der Waals surface area contributed by atoms with Crippen LogP contribution in [0.25, 0.3) is 0 Å². The van der Waals surface area contributed by atoms with Gasteiger partial charge in [-0.3, -0.25) is 10.2 Å². The van der Waals surface area contributed by atoms with Crippen LogP contribution in [-0.2, 0) is 6.54 Å². The number of aryl methyl sites for hydroxylation is 1. The number of carbonyl (C=O) groups is 1. The largest absolute Gasteiger partial charge is 0.367 e. The maximum absolute atomic E-state index is 11.5. The number of thiophene rings is 1. The molecule has 106 valence electrons. The van der Waals surface area contributed by atoms with E-state index in [1.165, 1.54) is 22.6 Å². The van der Waals surface area contributed by atoms with E-state index in [0.29, 0.717) is 4.88 Å². The Morgan fingerprint density at radius 3 is 2.80 bits per heavy atom. The van der Waals surface area contributed by atoms with Crippen LogP contribution >= 0.6 is 11.3 Å². The Kier molecular flexibility index (Phi) is 4.76. The first-order valence-corrected chi connectivity index (χ1v) is 7.37. The van der Waals surface area contributed by atoms with Crippen molar-refractivity contribution >= 4 is 22.9 Å². The molecule has 5 heteroatoms. The maximum atomic E-state index is 11.5. The summed E-state index contributed by atoms with van der Waals surface area (Å²) in [5, 5.41) is 0. The Balaban J connectivity index is 2.14. The summed E-state index contributed by atoms with van der Waals surface area (Å²) in [5.41, 5.74) is 4.60. The number of benzene rings is 1. The van der Waals surface area contributed by atoms with Gasteiger partial charge in [-0.25, -0.2) is 5.84 Å². The lowest BCUT2D eigenvalue weighted by Crippen LogP contribution is -2.29. The third-order valence-electron chi connectivity index (χ3n) is 3.11. The molecule has 0 bridgehead atoms. The summed E-state index contributed by atoms with van der Waals surface area (Å²) in [7, 11) is 0. The number of carbonyl (C=O) groups excluding carboxylic acids is 1. The average molecular weight is 289 g/mol. The molecule has 1 aromatic heterocycles. The molecule has 0 saturated heterocycles. The lowest BCUT2D eigenvalue weighted by atomic mass is 10.2. The van der Waals surface area contributed by atoms with Gasteiger partial charge in [-0.05, 0) is 43.7 Å². The Labute approximate surface area is 123 Å². The number of nitrogens with zero attached hydrogens (tertiary/aromatic N) is 1. The van der Waals surface area contributed by atoms with Gasteiger partial charge in [-0.1, -0.05) is 12.1 Å². The highest BCUT2D eigenvalue weighted by Gasteiger charge is 2.10. The Morgan fingerprint density at radius 2 is 2.15 bits per heavy atom. The second kappa shape index (κ2) is 6.54. The van der Waals surface area contributed by atoms with E-state index in [1.807, 2.05) is 12.1 Å². The number of hydrazine groups is 1. The predicted octanol–water partition coefficient (Wildman–Crippen LogP) is 2.69. The molecule has 0 aliphatic rings. The monoisotopic (exact) mass is 289 g/mol. The van der Waals surface area contributed by atoms with Crippen molar-refractivity contribution < 1.29 is 4.79 Å². The number of nitrogens with one attached hydrogen (secondary N) is 1. The highest BCUT2D eigenvalue weighted by atomic mass is 32.1. The fraction of sp³-hybridized carbons (Fsp3) is 0.267. The minimum absolute atomic E-state index is 0.236. The molecule has 1 heterocycles. The smallest absolute Gasteiger partial charge is 0.275 e. The van der Waals surface area contributed by atoms with Crippen LogP contribution in [-0.4, -0.2) is 12.5 Å². The summed E-state index contributed by atoms with van der Waals surface area (Å²) >= 11 is 1.47. The van der Waals surface area contributed by atoms with Crippen molar-refractivity contribution in [1.82, 2.24) is 5.43 Å². The van der Waals surface area contributed by atoms with Gasteiger partial charge < -0.3 is 4.90 Å². The van der Waals surface area contributed by atoms with Crippen molar-refractivity contribution in [3.8, 4) is 0 Å². The first kappa shape index (κ1) is 14.6. The third-order valence-corrected chi connectivity index (χ3v) is 4.18. The summed E-state index contributed by atoms with van der Waals surface area (Å²) in [4.78, 5) is 15.5. The number of nitrogen functional groups attached to an aromatic ring is 1. The average Bonchev–Trinajstić information content (AvgIpc) is 2.92. The molecule has 1 aromatic carbocycles. The zero-order chi connectivity index (χ0) is 14.5. The standard InChI is InChI=1S/C15H19N3OS/c1-3-18(12-6-4-5-11(2)9-12)10-13-7-8-14(20-13)15(19)17-16/h4-9H,3,10,16H2,1-2H3,(H,17,19). The van der Waals surface area contributed by atoms with E-state index >= 15 is 0 Å². The van der Waals surface area contributed by atoms with Crippen molar-refractivity contribution in [2.75, 3.05) is 11.4 Å². The summed E-state index contributed by atoms with van der Waals surface area (Å²) in [6, 6.07) is 12.2. The zero-order valence-electron chi connectivity index (χ0n) is 11.7. The van der Waals surface area contributed by atoms with Crippen LogP contribution in [0.2, 0.25) is 0 Å². The van der Waals surface area contributed by atoms with Gasteiger partial charge in [0, 0.05) is 17.1 Å². The number of amides is 1. The van der Waals surface area contributed by atoms with Crippen molar-refractivity contribution in [2.45, 2.75) is 20.4 Å². The topological polar surface area (TPSA) is 58.4 Å². The van der Waals surface area contributed by atoms with Gasteiger partial charge >= 0.3 is 0 Å². The van der Waals surface area contributed by atoms with Crippen molar-refractivity contribution in [3.63, 3.8) is 0 Å². The summed E-state index contributed by atoms with van der Waals surface area (Å²) in [6.07, 6.45) is 0. The van der Waals surface area contributed by atoms with Crippen LogP contribution in [0.5, 0.6) is 0 Å². The van der Waals surface area contributed by atoms with Gasteiger partial charge in [-0.2, -0.15) is 0 Å². The first-order chi connectivity index (χ1) is 9.63. The molecular weight excluding hydrogens is 270 g/mol. The van der Waals surface area contributed by atoms with E-state index in [4.69, 9.17) is 5.84 Å². The molecule has 0 saturated carbocycles. The van der Waals surface area contributed by atoms with E-state index in [-0.39, 0.29) is 5.91 Å². The van der Waals surface area contributed by atoms with E-state index < -0.39 is 0 Å². The highest BCUT2D eigenvalue weighted by Crippen LogP contribution is 2.22. The van der Waals surface area contributed by atoms with Crippen molar-refractivity contribution in [3.05, 3.63) is 51.7 Å². The molecule has 0 unspecified atom stereocenters. The third kappa shape index (κ3) is 3.37. The van der Waals surface area contributed by atoms with E-state index in [2.05, 4.69) is 48.4 Å². The van der Waals surface area contributed by atoms with Crippen LogP contribution in [0.3, 0.4) is 0 Å². The Bertz CT molecular complexity index is 594. The molecule has 0 aliphatic carbocycles. The Hall–Kier alpha value is -1.85. The summed E-state index contributed by atoms with van der Waals surface area (Å²) in [5.74, 6) is 4.91. The maximum Gasteiger partial charge on any atom is 0.275 e. The van der Waals surface area contributed by atoms with Gasteiger partial charge in [0.2, 0.25) is 0 Å². The van der Waals surface area contributed by atoms with Crippen molar-refractivity contribution in [1.29, 1.82) is 0 Å². The summed E-state index contributed by atoms with van der Waals surface area (Å²) < 4.78 is 0. The van der Waals surface area contributed by atoms with Crippen LogP contribution in [0.1, 0.15) is 27.0 Å². The molecule has 1 amide bonds. The molecule has 4 nitrogen and oxygen atoms in total. The van der Waals surface area contributed by atoms with Crippen LogP contribution in [0, 0.1) is 6.92 Å². The highest BCUT2D eigenvalue weighted by molar-refractivity contribution is 7.14. The van der Waals surface area contributed by atoms with Crippen LogP contribution < -0.4 is 16.2 Å². The minimum Gasteiger partial charge on any atom is -0.367 e. The molecular formula is C15H19N3OS.